The van der Waals surface area contributed by atoms with Crippen molar-refractivity contribution in [1.29, 1.82) is 0 Å². The molecule has 0 radical (unpaired) electrons. The highest BCUT2D eigenvalue weighted by molar-refractivity contribution is 7.16. The Bertz CT molecular complexity index is 805. The van der Waals surface area contributed by atoms with Gasteiger partial charge in [-0.3, -0.25) is 4.79 Å². The molecule has 1 atom stereocenters. The van der Waals surface area contributed by atoms with Crippen molar-refractivity contribution in [3.05, 3.63) is 40.3 Å². The largest absolute Gasteiger partial charge is 0.492 e. The van der Waals surface area contributed by atoms with Crippen LogP contribution in [0.1, 0.15) is 54.9 Å². The lowest BCUT2D eigenvalue weighted by molar-refractivity contribution is 0.102. The quantitative estimate of drug-likeness (QED) is 0.782. The number of nitrogens with one attached hydrogen (secondary N) is 1. The number of carbonyl (C=O) groups is 1. The topological polar surface area (TPSA) is 64.3 Å². The zero-order chi connectivity index (χ0) is 18.9. The summed E-state index contributed by atoms with van der Waals surface area (Å²) in [7, 11) is 0. The molecule has 1 aromatic heterocycles. The molecule has 1 aliphatic carbocycles. The van der Waals surface area contributed by atoms with E-state index in [0.717, 1.165) is 24.8 Å². The van der Waals surface area contributed by atoms with Crippen molar-refractivity contribution >= 4 is 27.9 Å². The summed E-state index contributed by atoms with van der Waals surface area (Å²) >= 11 is 1.58. The first-order chi connectivity index (χ1) is 12.3. The van der Waals surface area contributed by atoms with E-state index in [9.17, 15) is 4.79 Å². The number of thiophene rings is 1. The van der Waals surface area contributed by atoms with Gasteiger partial charge >= 0.3 is 0 Å². The van der Waals surface area contributed by atoms with E-state index in [-0.39, 0.29) is 11.3 Å². The average Bonchev–Trinajstić information content (AvgIpc) is 2.91. The Labute approximate surface area is 159 Å². The van der Waals surface area contributed by atoms with Crippen molar-refractivity contribution in [1.82, 2.24) is 0 Å². The normalized spacial score (nSPS) is 16.8. The predicted molar refractivity (Wildman–Crippen MR) is 109 cm³/mol. The Morgan fingerprint density at radius 3 is 2.77 bits per heavy atom. The third kappa shape index (κ3) is 3.73. The molecule has 0 bridgehead atoms. The number of hydrogen-bond acceptors (Lipinski definition) is 4. The van der Waals surface area contributed by atoms with Gasteiger partial charge in [0.15, 0.2) is 0 Å². The van der Waals surface area contributed by atoms with E-state index < -0.39 is 0 Å². The first kappa shape index (κ1) is 18.8. The summed E-state index contributed by atoms with van der Waals surface area (Å²) < 4.78 is 5.61. The number of nitrogens with two attached hydrogens (primary N) is 1. The van der Waals surface area contributed by atoms with Crippen LogP contribution in [0.2, 0.25) is 0 Å². The molecule has 0 fully saturated rings. The number of carbonyl (C=O) groups excluding carboxylic acids is 1. The molecule has 3 rings (SSSR count). The maximum atomic E-state index is 13.0. The highest BCUT2D eigenvalue weighted by Crippen LogP contribution is 2.43. The number of anilines is 2. The predicted octanol–water partition coefficient (Wildman–Crippen LogP) is 5.13. The number of amides is 1. The molecule has 0 aliphatic heterocycles. The first-order valence-corrected chi connectivity index (χ1v) is 10.1. The van der Waals surface area contributed by atoms with Crippen LogP contribution < -0.4 is 15.8 Å². The van der Waals surface area contributed by atoms with Crippen LogP contribution >= 0.6 is 11.3 Å². The van der Waals surface area contributed by atoms with Crippen molar-refractivity contribution in [2.45, 2.75) is 47.0 Å². The van der Waals surface area contributed by atoms with Gasteiger partial charge in [-0.15, -0.1) is 11.3 Å². The Kier molecular flexibility index (Phi) is 5.28. The van der Waals surface area contributed by atoms with Gasteiger partial charge in [0.05, 0.1) is 22.9 Å². The number of ether oxygens (including phenoxy) is 1. The third-order valence-corrected chi connectivity index (χ3v) is 6.26. The molecular formula is C21H28N2O2S. The van der Waals surface area contributed by atoms with Crippen LogP contribution in [0.5, 0.6) is 5.75 Å². The molecule has 1 aromatic carbocycles. The third-order valence-electron chi connectivity index (χ3n) is 5.18. The maximum absolute atomic E-state index is 13.0. The average molecular weight is 373 g/mol. The molecule has 4 nitrogen and oxygen atoms in total. The molecule has 1 amide bonds. The lowest BCUT2D eigenvalue weighted by Crippen LogP contribution is -2.27. The van der Waals surface area contributed by atoms with E-state index in [1.807, 2.05) is 31.2 Å². The Hall–Kier alpha value is -2.01. The Balaban J connectivity index is 1.85. The molecule has 5 heteroatoms. The lowest BCUT2D eigenvalue weighted by Gasteiger charge is -2.33. The summed E-state index contributed by atoms with van der Waals surface area (Å²) in [5.41, 5.74) is 9.00. The van der Waals surface area contributed by atoms with Crippen LogP contribution in [0, 0.1) is 11.3 Å². The number of hydrogen-bond donors (Lipinski definition) is 2. The van der Waals surface area contributed by atoms with Gasteiger partial charge in [-0.25, -0.2) is 0 Å². The molecule has 26 heavy (non-hydrogen) atoms. The summed E-state index contributed by atoms with van der Waals surface area (Å²) in [5.74, 6) is 1.17. The molecule has 1 aliphatic rings. The molecule has 140 valence electrons. The van der Waals surface area contributed by atoms with Gasteiger partial charge in [-0.05, 0) is 55.2 Å². The van der Waals surface area contributed by atoms with E-state index in [1.165, 1.54) is 4.88 Å². The number of fused-ring (bicyclic) bond motifs is 1. The number of para-hydroxylation sites is 2. The van der Waals surface area contributed by atoms with E-state index in [1.54, 1.807) is 11.3 Å². The van der Waals surface area contributed by atoms with E-state index in [4.69, 9.17) is 10.5 Å². The zero-order valence-corrected chi connectivity index (χ0v) is 16.8. The van der Waals surface area contributed by atoms with Gasteiger partial charge in [0.2, 0.25) is 0 Å². The molecule has 0 saturated carbocycles. The second kappa shape index (κ2) is 7.31. The number of rotatable bonds is 4. The van der Waals surface area contributed by atoms with Crippen molar-refractivity contribution in [3.63, 3.8) is 0 Å². The van der Waals surface area contributed by atoms with Crippen molar-refractivity contribution in [3.8, 4) is 5.75 Å². The molecule has 2 aromatic rings. The highest BCUT2D eigenvalue weighted by atomic mass is 32.1. The van der Waals surface area contributed by atoms with Crippen LogP contribution in [0.3, 0.4) is 0 Å². The fourth-order valence-corrected chi connectivity index (χ4v) is 4.83. The Morgan fingerprint density at radius 1 is 1.35 bits per heavy atom. The monoisotopic (exact) mass is 372 g/mol. The van der Waals surface area contributed by atoms with Crippen molar-refractivity contribution in [2.24, 2.45) is 11.3 Å². The summed E-state index contributed by atoms with van der Waals surface area (Å²) in [6, 6.07) is 7.50. The van der Waals surface area contributed by atoms with Gasteiger partial charge in [-0.1, -0.05) is 32.9 Å². The molecular weight excluding hydrogens is 344 g/mol. The SMILES string of the molecule is CCOc1ccccc1NC(=O)c1c(N)sc2c1CC[C@H](C(C)(C)C)C2. The summed E-state index contributed by atoms with van der Waals surface area (Å²) in [4.78, 5) is 14.2. The number of nitrogen functional groups attached to an aromatic ring is 1. The minimum Gasteiger partial charge on any atom is -0.492 e. The summed E-state index contributed by atoms with van der Waals surface area (Å²) in [6.45, 7) is 9.35. The van der Waals surface area contributed by atoms with Crippen LogP contribution in [-0.4, -0.2) is 12.5 Å². The van der Waals surface area contributed by atoms with Crippen LogP contribution in [-0.2, 0) is 12.8 Å². The molecule has 0 spiro atoms. The highest BCUT2D eigenvalue weighted by Gasteiger charge is 2.33. The molecule has 3 N–H and O–H groups in total. The summed E-state index contributed by atoms with van der Waals surface area (Å²) in [5, 5.41) is 3.61. The lowest BCUT2D eigenvalue weighted by atomic mass is 9.72. The van der Waals surface area contributed by atoms with Crippen LogP contribution in [0.15, 0.2) is 24.3 Å². The van der Waals surface area contributed by atoms with Crippen molar-refractivity contribution in [2.75, 3.05) is 17.7 Å². The van der Waals surface area contributed by atoms with Gasteiger partial charge in [-0.2, -0.15) is 0 Å². The zero-order valence-electron chi connectivity index (χ0n) is 16.0. The second-order valence-corrected chi connectivity index (χ2v) is 9.07. The minimum atomic E-state index is -0.138. The first-order valence-electron chi connectivity index (χ1n) is 9.24. The molecule has 1 heterocycles. The van der Waals surface area contributed by atoms with Gasteiger partial charge in [0.25, 0.3) is 5.91 Å². The molecule has 0 saturated heterocycles. The van der Waals surface area contributed by atoms with E-state index >= 15 is 0 Å². The van der Waals surface area contributed by atoms with Crippen molar-refractivity contribution < 1.29 is 9.53 Å². The summed E-state index contributed by atoms with van der Waals surface area (Å²) in [6.07, 6.45) is 3.03. The fraction of sp³-hybridized carbons (Fsp3) is 0.476. The number of benzene rings is 1. The maximum Gasteiger partial charge on any atom is 0.259 e. The van der Waals surface area contributed by atoms with E-state index in [0.29, 0.717) is 34.5 Å². The van der Waals surface area contributed by atoms with E-state index in [2.05, 4.69) is 26.1 Å². The minimum absolute atomic E-state index is 0.138. The fourth-order valence-electron chi connectivity index (χ4n) is 3.63. The Morgan fingerprint density at radius 2 is 2.08 bits per heavy atom. The molecule has 0 unspecified atom stereocenters. The van der Waals surface area contributed by atoms with Gasteiger partial charge in [0.1, 0.15) is 5.75 Å². The van der Waals surface area contributed by atoms with Crippen LogP contribution in [0.25, 0.3) is 0 Å². The van der Waals surface area contributed by atoms with Crippen LogP contribution in [0.4, 0.5) is 10.7 Å². The standard InChI is InChI=1S/C21H28N2O2S/c1-5-25-16-9-7-6-8-15(16)23-20(24)18-14-11-10-13(21(2,3)4)12-17(14)26-19(18)22/h6-9,13H,5,10-12,22H2,1-4H3,(H,23,24)/t13-/m0/s1. The van der Waals surface area contributed by atoms with Gasteiger partial charge in [0, 0.05) is 4.88 Å². The smallest absolute Gasteiger partial charge is 0.259 e. The second-order valence-electron chi connectivity index (χ2n) is 7.93. The van der Waals surface area contributed by atoms with Gasteiger partial charge < -0.3 is 15.8 Å².